The summed E-state index contributed by atoms with van der Waals surface area (Å²) < 4.78 is 0. The van der Waals surface area contributed by atoms with Crippen LogP contribution in [0.3, 0.4) is 0 Å². The van der Waals surface area contributed by atoms with Gasteiger partial charge in [-0.25, -0.2) is 0 Å². The molecule has 2 N–H and O–H groups in total. The van der Waals surface area contributed by atoms with Gasteiger partial charge in [-0.3, -0.25) is 0 Å². The number of rotatable bonds is 0. The molecular weight excluding hydrogens is 427 g/mol. The zero-order valence-electron chi connectivity index (χ0n) is 13.0. The van der Waals surface area contributed by atoms with Crippen LogP contribution in [0.5, 0.6) is 0 Å². The second-order valence-corrected chi connectivity index (χ2v) is 3.60. The van der Waals surface area contributed by atoms with E-state index in [1.165, 1.54) is 0 Å². The third kappa shape index (κ3) is 24.4. The van der Waals surface area contributed by atoms with Gasteiger partial charge in [0, 0.05) is 39.1 Å². The second kappa shape index (κ2) is 21.3. The van der Waals surface area contributed by atoms with Crippen molar-refractivity contribution in [2.75, 3.05) is 13.2 Å². The maximum Gasteiger partial charge on any atom is 0.0402 e. The fourth-order valence-corrected chi connectivity index (χ4v) is 0.956. The van der Waals surface area contributed by atoms with Gasteiger partial charge in [0.1, 0.15) is 0 Å². The van der Waals surface area contributed by atoms with Crippen molar-refractivity contribution in [3.05, 3.63) is 85.6 Å². The van der Waals surface area contributed by atoms with Crippen LogP contribution in [0.4, 0.5) is 0 Å². The molecule has 0 spiro atoms. The summed E-state index contributed by atoms with van der Waals surface area (Å²) in [5.41, 5.74) is 2.14. The topological polar surface area (TPSA) is 40.5 Å². The normalized spacial score (nSPS) is 7.43. The first-order valence-electron chi connectivity index (χ1n) is 6.58. The molecule has 2 rings (SSSR count). The minimum absolute atomic E-state index is 0. The number of aliphatic hydroxyl groups excluding tert-OH is 2. The van der Waals surface area contributed by atoms with Gasteiger partial charge in [0.25, 0.3) is 0 Å². The summed E-state index contributed by atoms with van der Waals surface area (Å²) in [5, 5.41) is 15.1. The molecule has 0 aromatic heterocycles. The predicted octanol–water partition coefficient (Wildman–Crippen LogP) is 3.73. The number of aliphatic hydroxyl groups is 2. The summed E-state index contributed by atoms with van der Waals surface area (Å²) in [6.45, 7) is 11.3. The summed E-state index contributed by atoms with van der Waals surface area (Å²) in [6.07, 6.45) is 0. The van der Waals surface area contributed by atoms with E-state index < -0.39 is 0 Å². The zero-order chi connectivity index (χ0) is 15.6. The van der Waals surface area contributed by atoms with Crippen LogP contribution in [0, 0.1) is 13.8 Å². The molecule has 21 heavy (non-hydrogen) atoms. The fourth-order valence-electron chi connectivity index (χ4n) is 0.956. The van der Waals surface area contributed by atoms with E-state index in [-0.39, 0.29) is 39.1 Å². The third-order valence-corrected chi connectivity index (χ3v) is 1.69. The molecule has 2 aromatic carbocycles. The van der Waals surface area contributed by atoms with Gasteiger partial charge in [-0.05, 0) is 13.8 Å². The van der Waals surface area contributed by atoms with Crippen LogP contribution in [-0.4, -0.2) is 23.4 Å². The van der Waals surface area contributed by atoms with E-state index in [1.807, 2.05) is 60.7 Å². The Morgan fingerprint density at radius 3 is 0.952 bits per heavy atom. The Balaban J connectivity index is -0.000000220. The van der Waals surface area contributed by atoms with E-state index in [0.29, 0.717) is 0 Å². The molecule has 2 aromatic rings. The first kappa shape index (κ1) is 25.0. The third-order valence-electron chi connectivity index (χ3n) is 1.69. The summed E-state index contributed by atoms with van der Waals surface area (Å²) in [4.78, 5) is 0. The number of hydrogen-bond donors (Lipinski definition) is 2. The summed E-state index contributed by atoms with van der Waals surface area (Å²) in [7, 11) is 0. The molecule has 0 heterocycles. The predicted molar refractivity (Wildman–Crippen MR) is 87.3 cm³/mol. The summed E-state index contributed by atoms with van der Waals surface area (Å²) >= 11 is 0. The van der Waals surface area contributed by atoms with E-state index in [0.717, 1.165) is 11.1 Å². The Morgan fingerprint density at radius 2 is 0.857 bits per heavy atom. The molecule has 0 saturated heterocycles. The Morgan fingerprint density at radius 1 is 0.667 bits per heavy atom. The summed E-state index contributed by atoms with van der Waals surface area (Å²) in [6, 6.07) is 19.7. The van der Waals surface area contributed by atoms with Crippen molar-refractivity contribution >= 4 is 0 Å². The first-order chi connectivity index (χ1) is 9.62. The van der Waals surface area contributed by atoms with Crippen molar-refractivity contribution in [1.82, 2.24) is 0 Å². The molecule has 0 bridgehead atoms. The Hall–Kier alpha value is -1.03. The molecule has 0 saturated carbocycles. The van der Waals surface area contributed by atoms with Crippen molar-refractivity contribution < 1.29 is 36.1 Å². The van der Waals surface area contributed by atoms with Crippen LogP contribution in [0.2, 0.25) is 0 Å². The van der Waals surface area contributed by atoms with Crippen LogP contribution in [0.15, 0.2) is 60.7 Å². The minimum Gasteiger partial charge on any atom is -0.397 e. The van der Waals surface area contributed by atoms with E-state index >= 15 is 0 Å². The first-order valence-corrected chi connectivity index (χ1v) is 6.58. The van der Waals surface area contributed by atoms with Gasteiger partial charge in [-0.15, -0.1) is 24.3 Å². The molecule has 0 radical (unpaired) electrons. The maximum absolute atomic E-state index is 7.57. The average molecular weight is 453 g/mol. The smallest absolute Gasteiger partial charge is 0.0402 e. The van der Waals surface area contributed by atoms with Gasteiger partial charge in [0.15, 0.2) is 0 Å². The summed E-state index contributed by atoms with van der Waals surface area (Å²) in [5.74, 6) is 0. The standard InChI is InChI=1S/2C7H7.2C2H6O.Hf/c2*1-7-5-3-2-4-6-7;2*1-2-3;/h2*2-6H,1H2;2*3H,2H2,1H3;/q2*-1;;;. The molecule has 116 valence electrons. The van der Waals surface area contributed by atoms with Gasteiger partial charge in [-0.2, -0.15) is 49.2 Å². The molecule has 0 unspecified atom stereocenters. The van der Waals surface area contributed by atoms with Gasteiger partial charge < -0.3 is 10.2 Å². The molecule has 3 heteroatoms. The van der Waals surface area contributed by atoms with Crippen LogP contribution in [0.1, 0.15) is 25.0 Å². The van der Waals surface area contributed by atoms with Crippen molar-refractivity contribution in [3.8, 4) is 0 Å². The van der Waals surface area contributed by atoms with Crippen molar-refractivity contribution in [1.29, 1.82) is 0 Å². The monoisotopic (exact) mass is 454 g/mol. The Bertz CT molecular complexity index is 337. The second-order valence-electron chi connectivity index (χ2n) is 3.60. The molecule has 0 atom stereocenters. The van der Waals surface area contributed by atoms with Crippen LogP contribution < -0.4 is 0 Å². The molecule has 2 nitrogen and oxygen atoms in total. The molecule has 0 fully saturated rings. The van der Waals surface area contributed by atoms with Gasteiger partial charge >= 0.3 is 0 Å². The number of hydrogen-bond acceptors (Lipinski definition) is 2. The van der Waals surface area contributed by atoms with Gasteiger partial charge in [0.05, 0.1) is 0 Å². The molecule has 0 amide bonds. The van der Waals surface area contributed by atoms with Gasteiger partial charge in [0.2, 0.25) is 0 Å². The van der Waals surface area contributed by atoms with Crippen molar-refractivity contribution in [3.63, 3.8) is 0 Å². The van der Waals surface area contributed by atoms with Gasteiger partial charge in [-0.1, -0.05) is 12.1 Å². The SMILES string of the molecule is CCO.CCO.[CH2-]c1ccccc1.[CH2-]c1ccccc1.[Hf]. The molecular formula is C18H26HfO2-2. The Labute approximate surface area is 148 Å². The van der Waals surface area contributed by atoms with E-state index in [1.54, 1.807) is 13.8 Å². The van der Waals surface area contributed by atoms with Crippen molar-refractivity contribution in [2.45, 2.75) is 13.8 Å². The van der Waals surface area contributed by atoms with Crippen molar-refractivity contribution in [2.24, 2.45) is 0 Å². The maximum atomic E-state index is 7.57. The van der Waals surface area contributed by atoms with E-state index in [4.69, 9.17) is 10.2 Å². The molecule has 0 aliphatic rings. The van der Waals surface area contributed by atoms with E-state index in [2.05, 4.69) is 13.8 Å². The fraction of sp³-hybridized carbons (Fsp3) is 0.222. The molecule has 0 aliphatic heterocycles. The molecule has 0 aliphatic carbocycles. The zero-order valence-corrected chi connectivity index (χ0v) is 16.6. The average Bonchev–Trinajstić information content (AvgIpc) is 2.43. The largest absolute Gasteiger partial charge is 0.397 e. The van der Waals surface area contributed by atoms with Crippen LogP contribution in [-0.2, 0) is 25.8 Å². The minimum atomic E-state index is 0. The van der Waals surface area contributed by atoms with E-state index in [9.17, 15) is 0 Å². The quantitative estimate of drug-likeness (QED) is 0.472. The Kier molecular flexibility index (Phi) is 25.3. The van der Waals surface area contributed by atoms with Crippen LogP contribution >= 0.6 is 0 Å². The van der Waals surface area contributed by atoms with Crippen LogP contribution in [0.25, 0.3) is 0 Å². The number of benzene rings is 2.